The Balaban J connectivity index is 1.63. The lowest BCUT2D eigenvalue weighted by Gasteiger charge is -2.18. The van der Waals surface area contributed by atoms with Crippen molar-refractivity contribution >= 4 is 23.4 Å². The predicted octanol–water partition coefficient (Wildman–Crippen LogP) is 3.39. The fourth-order valence-corrected chi connectivity index (χ4v) is 3.32. The van der Waals surface area contributed by atoms with Crippen LogP contribution in [0.1, 0.15) is 36.9 Å². The minimum atomic E-state index is -0.383. The van der Waals surface area contributed by atoms with Crippen LogP contribution in [0.5, 0.6) is 11.5 Å². The SMILES string of the molecule is CC(=O)N[C@@H](CC(=O)NCc1cc(Cl)c2c(c1)OCCCO2)c1ccccc1. The highest BCUT2D eigenvalue weighted by Crippen LogP contribution is 2.37. The molecule has 2 aromatic rings. The number of halogens is 1. The van der Waals surface area contributed by atoms with Crippen LogP contribution in [-0.2, 0) is 16.1 Å². The smallest absolute Gasteiger partial charge is 0.222 e. The maximum atomic E-state index is 12.5. The third-order valence-electron chi connectivity index (χ3n) is 4.32. The lowest BCUT2D eigenvalue weighted by Crippen LogP contribution is -2.32. The van der Waals surface area contributed by atoms with Crippen LogP contribution in [0, 0.1) is 0 Å². The maximum absolute atomic E-state index is 12.5. The summed E-state index contributed by atoms with van der Waals surface area (Å²) in [7, 11) is 0. The lowest BCUT2D eigenvalue weighted by atomic mass is 10.0. The molecule has 0 saturated carbocycles. The highest BCUT2D eigenvalue weighted by Gasteiger charge is 2.18. The summed E-state index contributed by atoms with van der Waals surface area (Å²) in [5.41, 5.74) is 1.70. The molecule has 6 nitrogen and oxygen atoms in total. The topological polar surface area (TPSA) is 76.7 Å². The molecule has 0 saturated heterocycles. The monoisotopic (exact) mass is 402 g/mol. The van der Waals surface area contributed by atoms with Gasteiger partial charge >= 0.3 is 0 Å². The molecule has 0 bridgehead atoms. The predicted molar refractivity (Wildman–Crippen MR) is 107 cm³/mol. The van der Waals surface area contributed by atoms with Gasteiger partial charge in [0.25, 0.3) is 0 Å². The van der Waals surface area contributed by atoms with Crippen molar-refractivity contribution in [2.75, 3.05) is 13.2 Å². The second kappa shape index (κ2) is 9.46. The molecule has 2 N–H and O–H groups in total. The zero-order valence-corrected chi connectivity index (χ0v) is 16.4. The molecule has 2 aromatic carbocycles. The molecule has 1 aliphatic heterocycles. The van der Waals surface area contributed by atoms with E-state index in [0.717, 1.165) is 17.5 Å². The first-order chi connectivity index (χ1) is 13.5. The fourth-order valence-electron chi connectivity index (χ4n) is 3.03. The second-order valence-electron chi connectivity index (χ2n) is 6.60. The van der Waals surface area contributed by atoms with E-state index in [4.69, 9.17) is 21.1 Å². The molecule has 0 radical (unpaired) electrons. The minimum absolute atomic E-state index is 0.141. The van der Waals surface area contributed by atoms with Crippen molar-refractivity contribution in [1.82, 2.24) is 10.6 Å². The first-order valence-corrected chi connectivity index (χ1v) is 9.57. The Bertz CT molecular complexity index is 842. The molecule has 0 fully saturated rings. The molecule has 3 rings (SSSR count). The van der Waals surface area contributed by atoms with E-state index in [-0.39, 0.29) is 24.3 Å². The molecule has 0 spiro atoms. The van der Waals surface area contributed by atoms with Crippen LogP contribution < -0.4 is 20.1 Å². The Morgan fingerprint density at radius 2 is 1.89 bits per heavy atom. The number of ether oxygens (including phenoxy) is 2. The van der Waals surface area contributed by atoms with Gasteiger partial charge in [0.05, 0.1) is 30.7 Å². The van der Waals surface area contributed by atoms with Crippen molar-refractivity contribution in [2.24, 2.45) is 0 Å². The minimum Gasteiger partial charge on any atom is -0.489 e. The van der Waals surface area contributed by atoms with Gasteiger partial charge in [-0.25, -0.2) is 0 Å². The molecular weight excluding hydrogens is 380 g/mol. The van der Waals surface area contributed by atoms with Gasteiger partial charge in [0, 0.05) is 19.9 Å². The van der Waals surface area contributed by atoms with Crippen molar-refractivity contribution in [3.05, 3.63) is 58.6 Å². The maximum Gasteiger partial charge on any atom is 0.222 e. The average molecular weight is 403 g/mol. The Morgan fingerprint density at radius 3 is 2.64 bits per heavy atom. The molecule has 1 heterocycles. The number of hydrogen-bond acceptors (Lipinski definition) is 4. The van der Waals surface area contributed by atoms with Crippen molar-refractivity contribution < 1.29 is 19.1 Å². The van der Waals surface area contributed by atoms with Crippen LogP contribution in [0.4, 0.5) is 0 Å². The van der Waals surface area contributed by atoms with E-state index in [0.29, 0.717) is 36.3 Å². The van der Waals surface area contributed by atoms with Gasteiger partial charge in [0.1, 0.15) is 0 Å². The summed E-state index contributed by atoms with van der Waals surface area (Å²) in [5, 5.41) is 6.16. The van der Waals surface area contributed by atoms with Crippen LogP contribution in [0.25, 0.3) is 0 Å². The highest BCUT2D eigenvalue weighted by molar-refractivity contribution is 6.32. The summed E-state index contributed by atoms with van der Waals surface area (Å²) >= 11 is 6.29. The van der Waals surface area contributed by atoms with E-state index in [1.54, 1.807) is 6.07 Å². The fraction of sp³-hybridized carbons (Fsp3) is 0.333. The summed E-state index contributed by atoms with van der Waals surface area (Å²) in [4.78, 5) is 24.0. The number of carbonyl (C=O) groups excluding carboxylic acids is 2. The van der Waals surface area contributed by atoms with Gasteiger partial charge in [-0.3, -0.25) is 9.59 Å². The van der Waals surface area contributed by atoms with Crippen LogP contribution in [0.3, 0.4) is 0 Å². The van der Waals surface area contributed by atoms with E-state index in [1.165, 1.54) is 6.92 Å². The van der Waals surface area contributed by atoms with Gasteiger partial charge in [0.2, 0.25) is 11.8 Å². The van der Waals surface area contributed by atoms with Gasteiger partial charge in [-0.2, -0.15) is 0 Å². The van der Waals surface area contributed by atoms with Crippen LogP contribution in [0.2, 0.25) is 5.02 Å². The van der Waals surface area contributed by atoms with Gasteiger partial charge in [-0.05, 0) is 23.3 Å². The van der Waals surface area contributed by atoms with Gasteiger partial charge < -0.3 is 20.1 Å². The number of nitrogens with one attached hydrogen (secondary N) is 2. The highest BCUT2D eigenvalue weighted by atomic mass is 35.5. The third-order valence-corrected chi connectivity index (χ3v) is 4.60. The van der Waals surface area contributed by atoms with E-state index < -0.39 is 0 Å². The number of carbonyl (C=O) groups is 2. The molecule has 2 amide bonds. The number of amides is 2. The zero-order valence-electron chi connectivity index (χ0n) is 15.7. The Hall–Kier alpha value is -2.73. The number of fused-ring (bicyclic) bond motifs is 1. The zero-order chi connectivity index (χ0) is 19.9. The third kappa shape index (κ3) is 5.39. The quantitative estimate of drug-likeness (QED) is 0.776. The molecular formula is C21H23ClN2O4. The number of hydrogen-bond donors (Lipinski definition) is 2. The van der Waals surface area contributed by atoms with Crippen molar-refractivity contribution in [3.63, 3.8) is 0 Å². The Labute approximate surface area is 169 Å². The molecule has 0 aromatic heterocycles. The molecule has 148 valence electrons. The normalized spacial score (nSPS) is 13.9. The standard InChI is InChI=1S/C21H23ClN2O4/c1-14(25)24-18(16-6-3-2-4-7-16)12-20(26)23-13-15-10-17(22)21-19(11-15)27-8-5-9-28-21/h2-4,6-7,10-11,18H,5,8-9,12-13H2,1H3,(H,23,26)(H,24,25)/t18-/m0/s1. The van der Waals surface area contributed by atoms with Crippen LogP contribution in [-0.4, -0.2) is 25.0 Å². The van der Waals surface area contributed by atoms with E-state index in [2.05, 4.69) is 10.6 Å². The summed E-state index contributed by atoms with van der Waals surface area (Å²) in [6, 6.07) is 12.6. The summed E-state index contributed by atoms with van der Waals surface area (Å²) < 4.78 is 11.3. The first-order valence-electron chi connectivity index (χ1n) is 9.19. The molecule has 28 heavy (non-hydrogen) atoms. The molecule has 0 aliphatic carbocycles. The second-order valence-corrected chi connectivity index (χ2v) is 7.01. The van der Waals surface area contributed by atoms with Crippen molar-refractivity contribution in [1.29, 1.82) is 0 Å². The molecule has 1 atom stereocenters. The van der Waals surface area contributed by atoms with Gasteiger partial charge in [-0.15, -0.1) is 0 Å². The summed E-state index contributed by atoms with van der Waals surface area (Å²) in [6.07, 6.45) is 0.934. The number of rotatable bonds is 6. The van der Waals surface area contributed by atoms with E-state index in [9.17, 15) is 9.59 Å². The van der Waals surface area contributed by atoms with Gasteiger partial charge in [-0.1, -0.05) is 41.9 Å². The van der Waals surface area contributed by atoms with Crippen molar-refractivity contribution in [3.8, 4) is 11.5 Å². The molecule has 1 aliphatic rings. The van der Waals surface area contributed by atoms with Crippen LogP contribution >= 0.6 is 11.6 Å². The Morgan fingerprint density at radius 1 is 1.14 bits per heavy atom. The first kappa shape index (κ1) is 20.0. The molecule has 0 unspecified atom stereocenters. The number of benzene rings is 2. The van der Waals surface area contributed by atoms with Crippen LogP contribution in [0.15, 0.2) is 42.5 Å². The van der Waals surface area contributed by atoms with E-state index >= 15 is 0 Å². The average Bonchev–Trinajstić information content (AvgIpc) is 2.92. The van der Waals surface area contributed by atoms with Crippen molar-refractivity contribution in [2.45, 2.75) is 32.4 Å². The van der Waals surface area contributed by atoms with Gasteiger partial charge in [0.15, 0.2) is 11.5 Å². The Kier molecular flexibility index (Phi) is 6.76. The summed E-state index contributed by atoms with van der Waals surface area (Å²) in [6.45, 7) is 2.87. The largest absolute Gasteiger partial charge is 0.489 e. The lowest BCUT2D eigenvalue weighted by molar-refractivity contribution is -0.122. The summed E-state index contributed by atoms with van der Waals surface area (Å²) in [5.74, 6) is 0.779. The molecule has 7 heteroatoms. The van der Waals surface area contributed by atoms with E-state index in [1.807, 2.05) is 36.4 Å².